The van der Waals surface area contributed by atoms with Crippen LogP contribution < -0.4 is 4.90 Å². The van der Waals surface area contributed by atoms with E-state index in [2.05, 4.69) is 0 Å². The quantitative estimate of drug-likeness (QED) is 0.802. The van der Waals surface area contributed by atoms with Gasteiger partial charge in [0.25, 0.3) is 0 Å². The van der Waals surface area contributed by atoms with Crippen LogP contribution in [-0.4, -0.2) is 32.5 Å². The molecule has 118 valence electrons. The van der Waals surface area contributed by atoms with Crippen molar-refractivity contribution >= 4 is 17.4 Å². The molecular weight excluding hydrogens is 278 g/mol. The Kier molecular flexibility index (Phi) is 5.01. The highest BCUT2D eigenvalue weighted by molar-refractivity contribution is 5.95. The molecule has 1 aliphatic carbocycles. The highest BCUT2D eigenvalue weighted by Gasteiger charge is 2.36. The summed E-state index contributed by atoms with van der Waals surface area (Å²) in [6.07, 6.45) is 1.93. The second-order valence-electron chi connectivity index (χ2n) is 5.88. The Labute approximate surface area is 131 Å². The molecule has 0 fully saturated rings. The molecule has 0 heterocycles. The number of carbonyl (C=O) groups excluding carboxylic acids is 2. The number of hydrogen-bond acceptors (Lipinski definition) is 4. The zero-order chi connectivity index (χ0) is 16.3. The van der Waals surface area contributed by atoms with Gasteiger partial charge in [-0.2, -0.15) is 0 Å². The molecule has 0 saturated heterocycles. The first kappa shape index (κ1) is 16.3. The Bertz CT molecular complexity index is 587. The monoisotopic (exact) mass is 301 g/mol. The van der Waals surface area contributed by atoms with E-state index in [1.54, 1.807) is 13.0 Å². The minimum atomic E-state index is -0.372. The number of ketones is 1. The molecule has 0 spiro atoms. The molecule has 2 atom stereocenters. The molecule has 2 rings (SSSR count). The van der Waals surface area contributed by atoms with Crippen molar-refractivity contribution < 1.29 is 14.3 Å². The molecule has 1 aliphatic rings. The summed E-state index contributed by atoms with van der Waals surface area (Å²) in [5, 5.41) is 0. The lowest BCUT2D eigenvalue weighted by molar-refractivity contribution is -0.147. The molecule has 1 aromatic carbocycles. The Morgan fingerprint density at radius 1 is 1.27 bits per heavy atom. The van der Waals surface area contributed by atoms with Crippen molar-refractivity contribution in [1.29, 1.82) is 0 Å². The molecule has 0 bridgehead atoms. The number of allylic oxidation sites excluding steroid dienone is 1. The summed E-state index contributed by atoms with van der Waals surface area (Å²) in [6.45, 7) is 3.98. The predicted octanol–water partition coefficient (Wildman–Crippen LogP) is 2.93. The van der Waals surface area contributed by atoms with Crippen LogP contribution in [0.3, 0.4) is 0 Å². The molecule has 0 aliphatic heterocycles. The Morgan fingerprint density at radius 2 is 1.91 bits per heavy atom. The van der Waals surface area contributed by atoms with E-state index in [4.69, 9.17) is 4.74 Å². The van der Waals surface area contributed by atoms with Gasteiger partial charge in [0.15, 0.2) is 5.78 Å². The van der Waals surface area contributed by atoms with Crippen LogP contribution in [0.2, 0.25) is 0 Å². The average molecular weight is 301 g/mol. The van der Waals surface area contributed by atoms with E-state index < -0.39 is 0 Å². The van der Waals surface area contributed by atoms with Crippen LogP contribution >= 0.6 is 0 Å². The third-order valence-electron chi connectivity index (χ3n) is 4.08. The molecule has 0 amide bonds. The summed E-state index contributed by atoms with van der Waals surface area (Å²) >= 11 is 0. The van der Waals surface area contributed by atoms with Gasteiger partial charge in [-0.25, -0.2) is 0 Å². The Balaban J connectivity index is 2.34. The van der Waals surface area contributed by atoms with Gasteiger partial charge < -0.3 is 9.64 Å². The van der Waals surface area contributed by atoms with Gasteiger partial charge in [0.1, 0.15) is 0 Å². The lowest BCUT2D eigenvalue weighted by atomic mass is 9.75. The highest BCUT2D eigenvalue weighted by Crippen LogP contribution is 2.38. The van der Waals surface area contributed by atoms with E-state index >= 15 is 0 Å². The first-order chi connectivity index (χ1) is 10.4. The van der Waals surface area contributed by atoms with Crippen LogP contribution in [0.1, 0.15) is 31.7 Å². The first-order valence-electron chi connectivity index (χ1n) is 7.59. The number of carbonyl (C=O) groups is 2. The highest BCUT2D eigenvalue weighted by atomic mass is 16.5. The number of anilines is 1. The summed E-state index contributed by atoms with van der Waals surface area (Å²) in [5.41, 5.74) is 2.88. The standard InChI is InChI=1S/C18H23NO3/c1-5-22-18(21)17-12(2)10-15(20)11-16(17)13-6-8-14(9-7-13)19(3)4/h6-10,16-17H,5,11H2,1-4H3. The van der Waals surface area contributed by atoms with E-state index in [1.165, 1.54) is 0 Å². The minimum Gasteiger partial charge on any atom is -0.466 e. The molecule has 4 heteroatoms. The molecule has 4 nitrogen and oxygen atoms in total. The van der Waals surface area contributed by atoms with E-state index in [0.29, 0.717) is 13.0 Å². The van der Waals surface area contributed by atoms with Gasteiger partial charge in [-0.1, -0.05) is 17.7 Å². The van der Waals surface area contributed by atoms with Gasteiger partial charge in [-0.15, -0.1) is 0 Å². The third-order valence-corrected chi connectivity index (χ3v) is 4.08. The van der Waals surface area contributed by atoms with Gasteiger partial charge in [-0.3, -0.25) is 9.59 Å². The third kappa shape index (κ3) is 3.38. The topological polar surface area (TPSA) is 46.6 Å². The van der Waals surface area contributed by atoms with Crippen molar-refractivity contribution in [1.82, 2.24) is 0 Å². The zero-order valence-electron chi connectivity index (χ0n) is 13.6. The number of esters is 1. The van der Waals surface area contributed by atoms with Crippen molar-refractivity contribution in [3.63, 3.8) is 0 Å². The van der Waals surface area contributed by atoms with Crippen molar-refractivity contribution in [3.8, 4) is 0 Å². The fraction of sp³-hybridized carbons (Fsp3) is 0.444. The number of benzene rings is 1. The Hall–Kier alpha value is -2.10. The van der Waals surface area contributed by atoms with E-state index in [1.807, 2.05) is 50.2 Å². The van der Waals surface area contributed by atoms with Crippen LogP contribution in [0.25, 0.3) is 0 Å². The summed E-state index contributed by atoms with van der Waals surface area (Å²) in [4.78, 5) is 26.2. The molecular formula is C18H23NO3. The average Bonchev–Trinajstić information content (AvgIpc) is 2.46. The van der Waals surface area contributed by atoms with Crippen molar-refractivity contribution in [2.45, 2.75) is 26.2 Å². The first-order valence-corrected chi connectivity index (χ1v) is 7.59. The summed E-state index contributed by atoms with van der Waals surface area (Å²) < 4.78 is 5.20. The molecule has 22 heavy (non-hydrogen) atoms. The molecule has 1 aromatic rings. The number of rotatable bonds is 4. The second-order valence-corrected chi connectivity index (χ2v) is 5.88. The molecule has 0 aromatic heterocycles. The van der Waals surface area contributed by atoms with Crippen LogP contribution in [0.15, 0.2) is 35.9 Å². The van der Waals surface area contributed by atoms with Crippen molar-refractivity contribution in [2.75, 3.05) is 25.6 Å². The van der Waals surface area contributed by atoms with E-state index in [0.717, 1.165) is 16.8 Å². The van der Waals surface area contributed by atoms with Crippen LogP contribution in [0.5, 0.6) is 0 Å². The van der Waals surface area contributed by atoms with Gasteiger partial charge >= 0.3 is 5.97 Å². The van der Waals surface area contributed by atoms with E-state index in [-0.39, 0.29) is 23.6 Å². The maximum Gasteiger partial charge on any atom is 0.313 e. The smallest absolute Gasteiger partial charge is 0.313 e. The Morgan fingerprint density at radius 3 is 2.45 bits per heavy atom. The van der Waals surface area contributed by atoms with Gasteiger partial charge in [0.05, 0.1) is 12.5 Å². The lowest BCUT2D eigenvalue weighted by Gasteiger charge is -2.29. The summed E-state index contributed by atoms with van der Waals surface area (Å²) in [6, 6.07) is 8.02. The fourth-order valence-corrected chi connectivity index (χ4v) is 2.97. The molecule has 0 radical (unpaired) electrons. The summed E-state index contributed by atoms with van der Waals surface area (Å²) in [7, 11) is 3.96. The molecule has 0 N–H and O–H groups in total. The number of nitrogens with zero attached hydrogens (tertiary/aromatic N) is 1. The maximum absolute atomic E-state index is 12.3. The zero-order valence-corrected chi connectivity index (χ0v) is 13.6. The lowest BCUT2D eigenvalue weighted by Crippen LogP contribution is -2.30. The van der Waals surface area contributed by atoms with Gasteiger partial charge in [0.2, 0.25) is 0 Å². The van der Waals surface area contributed by atoms with Crippen LogP contribution in [-0.2, 0) is 14.3 Å². The number of ether oxygens (including phenoxy) is 1. The van der Waals surface area contributed by atoms with Gasteiger partial charge in [-0.05, 0) is 37.6 Å². The van der Waals surface area contributed by atoms with E-state index in [9.17, 15) is 9.59 Å². The van der Waals surface area contributed by atoms with Crippen LogP contribution in [0, 0.1) is 5.92 Å². The summed E-state index contributed by atoms with van der Waals surface area (Å²) in [5.74, 6) is -0.694. The molecule has 0 saturated carbocycles. The largest absolute Gasteiger partial charge is 0.466 e. The van der Waals surface area contributed by atoms with Crippen molar-refractivity contribution in [2.24, 2.45) is 5.92 Å². The van der Waals surface area contributed by atoms with Crippen molar-refractivity contribution in [3.05, 3.63) is 41.5 Å². The fourth-order valence-electron chi connectivity index (χ4n) is 2.97. The second kappa shape index (κ2) is 6.77. The number of hydrogen-bond donors (Lipinski definition) is 0. The predicted molar refractivity (Wildman–Crippen MR) is 87.0 cm³/mol. The van der Waals surface area contributed by atoms with Gasteiger partial charge in [0, 0.05) is 32.1 Å². The minimum absolute atomic E-state index is 0.0692. The van der Waals surface area contributed by atoms with Crippen LogP contribution in [0.4, 0.5) is 5.69 Å². The molecule has 2 unspecified atom stereocenters. The normalized spacial score (nSPS) is 21.3. The SMILES string of the molecule is CCOC(=O)C1C(C)=CC(=O)CC1c1ccc(N(C)C)cc1. The maximum atomic E-state index is 12.3.